The number of ether oxygens (including phenoxy) is 1. The van der Waals surface area contributed by atoms with E-state index in [2.05, 4.69) is 20.9 Å². The van der Waals surface area contributed by atoms with Crippen molar-refractivity contribution < 1.29 is 9.53 Å². The van der Waals surface area contributed by atoms with Crippen LogP contribution >= 0.6 is 11.6 Å². The Morgan fingerprint density at radius 3 is 2.83 bits per heavy atom. The molecule has 1 aliphatic heterocycles. The summed E-state index contributed by atoms with van der Waals surface area (Å²) < 4.78 is 5.50. The van der Waals surface area contributed by atoms with Crippen molar-refractivity contribution in [3.63, 3.8) is 0 Å². The molecular formula is C16H23ClN4O2. The number of carbonyl (C=O) groups excluding carboxylic acids is 1. The number of guanidine groups is 1. The number of nitrogens with one attached hydrogen (secondary N) is 3. The summed E-state index contributed by atoms with van der Waals surface area (Å²) in [6.07, 6.45) is -0.508. The molecule has 0 saturated heterocycles. The fourth-order valence-corrected chi connectivity index (χ4v) is 2.19. The minimum Gasteiger partial charge on any atom is -0.368 e. The Bertz CT molecular complexity index is 589. The van der Waals surface area contributed by atoms with E-state index >= 15 is 0 Å². The molecule has 1 aromatic carbocycles. The van der Waals surface area contributed by atoms with Gasteiger partial charge in [-0.1, -0.05) is 25.4 Å². The van der Waals surface area contributed by atoms with Gasteiger partial charge in [0, 0.05) is 18.8 Å². The van der Waals surface area contributed by atoms with Crippen LogP contribution in [0, 0.1) is 5.92 Å². The Hall–Kier alpha value is -1.79. The Labute approximate surface area is 141 Å². The Kier molecular flexibility index (Phi) is 6.24. The molecule has 1 unspecified atom stereocenters. The fraction of sp³-hybridized carbons (Fsp3) is 0.500. The first-order valence-corrected chi connectivity index (χ1v) is 8.11. The molecule has 1 atom stereocenters. The van der Waals surface area contributed by atoms with E-state index in [1.807, 2.05) is 13.8 Å². The Morgan fingerprint density at radius 1 is 1.43 bits per heavy atom. The zero-order valence-corrected chi connectivity index (χ0v) is 14.4. The maximum Gasteiger partial charge on any atom is 0.253 e. The predicted octanol–water partition coefficient (Wildman–Crippen LogP) is 2.71. The van der Waals surface area contributed by atoms with Crippen LogP contribution in [0.5, 0.6) is 0 Å². The minimum absolute atomic E-state index is 0.190. The lowest BCUT2D eigenvalue weighted by Gasteiger charge is -2.15. The van der Waals surface area contributed by atoms with Crippen LogP contribution in [0.4, 0.5) is 11.4 Å². The number of hydrogen-bond donors (Lipinski definition) is 3. The third-order valence-electron chi connectivity index (χ3n) is 3.21. The summed E-state index contributed by atoms with van der Waals surface area (Å²) in [5.41, 5.74) is 1.37. The van der Waals surface area contributed by atoms with E-state index in [4.69, 9.17) is 16.3 Å². The first kappa shape index (κ1) is 17.6. The van der Waals surface area contributed by atoms with Crippen molar-refractivity contribution in [2.75, 3.05) is 30.3 Å². The number of halogens is 1. The van der Waals surface area contributed by atoms with Gasteiger partial charge in [-0.25, -0.2) is 0 Å². The molecule has 0 radical (unpaired) electrons. The van der Waals surface area contributed by atoms with Gasteiger partial charge < -0.3 is 20.7 Å². The number of rotatable bonds is 6. The van der Waals surface area contributed by atoms with Gasteiger partial charge in [-0.2, -0.15) is 0 Å². The summed E-state index contributed by atoms with van der Waals surface area (Å²) in [5, 5.41) is 9.54. The number of nitrogens with zero attached hydrogens (tertiary/aromatic N) is 1. The van der Waals surface area contributed by atoms with Crippen LogP contribution in [-0.4, -0.2) is 37.7 Å². The third-order valence-corrected chi connectivity index (χ3v) is 3.53. The lowest BCUT2D eigenvalue weighted by molar-refractivity contribution is -0.126. The van der Waals surface area contributed by atoms with E-state index in [1.165, 1.54) is 0 Å². The van der Waals surface area contributed by atoms with Crippen LogP contribution in [0.3, 0.4) is 0 Å². The highest BCUT2D eigenvalue weighted by molar-refractivity contribution is 6.34. The van der Waals surface area contributed by atoms with Crippen molar-refractivity contribution in [3.05, 3.63) is 23.2 Å². The van der Waals surface area contributed by atoms with Crippen molar-refractivity contribution in [1.82, 2.24) is 5.32 Å². The normalized spacial score (nSPS) is 15.1. The average Bonchev–Trinajstić information content (AvgIpc) is 3.00. The lowest BCUT2D eigenvalue weighted by Crippen LogP contribution is -2.29. The second-order valence-corrected chi connectivity index (χ2v) is 6.24. The molecule has 0 spiro atoms. The first-order valence-electron chi connectivity index (χ1n) is 7.73. The van der Waals surface area contributed by atoms with E-state index in [0.717, 1.165) is 18.8 Å². The second-order valence-electron chi connectivity index (χ2n) is 5.84. The van der Waals surface area contributed by atoms with Gasteiger partial charge >= 0.3 is 0 Å². The van der Waals surface area contributed by atoms with Crippen LogP contribution in [0.1, 0.15) is 20.8 Å². The van der Waals surface area contributed by atoms with E-state index in [-0.39, 0.29) is 5.91 Å². The van der Waals surface area contributed by atoms with Crippen molar-refractivity contribution in [2.45, 2.75) is 26.9 Å². The molecule has 1 aromatic rings. The molecule has 1 amide bonds. The summed E-state index contributed by atoms with van der Waals surface area (Å²) in [6.45, 7) is 7.94. The molecule has 1 aliphatic rings. The number of anilines is 2. The first-order chi connectivity index (χ1) is 11.0. The van der Waals surface area contributed by atoms with Gasteiger partial charge in [-0.3, -0.25) is 9.79 Å². The van der Waals surface area contributed by atoms with Crippen molar-refractivity contribution in [1.29, 1.82) is 0 Å². The zero-order valence-electron chi connectivity index (χ0n) is 13.6. The molecule has 0 aliphatic carbocycles. The van der Waals surface area contributed by atoms with Crippen LogP contribution in [-0.2, 0) is 9.53 Å². The molecular weight excluding hydrogens is 316 g/mol. The quantitative estimate of drug-likeness (QED) is 0.745. The number of carbonyl (C=O) groups is 1. The number of amides is 1. The van der Waals surface area contributed by atoms with Crippen LogP contribution in [0.2, 0.25) is 5.02 Å². The fourth-order valence-electron chi connectivity index (χ4n) is 1.96. The molecule has 23 heavy (non-hydrogen) atoms. The standard InChI is InChI=1S/C16H23ClN4O2/c1-10(2)9-23-11(3)15(22)20-12-4-5-14(13(17)8-12)21-16-18-6-7-19-16/h4-5,8,10-11H,6-7,9H2,1-3H3,(H,20,22)(H2,18,19,21). The third kappa shape index (κ3) is 5.41. The molecule has 0 saturated carbocycles. The number of benzene rings is 1. The van der Waals surface area contributed by atoms with Gasteiger partial charge in [0.15, 0.2) is 5.96 Å². The summed E-state index contributed by atoms with van der Waals surface area (Å²) in [5.74, 6) is 0.904. The average molecular weight is 339 g/mol. The maximum absolute atomic E-state index is 12.1. The molecule has 7 heteroatoms. The second kappa shape index (κ2) is 8.17. The molecule has 0 fully saturated rings. The summed E-state index contributed by atoms with van der Waals surface area (Å²) >= 11 is 6.25. The molecule has 3 N–H and O–H groups in total. The smallest absolute Gasteiger partial charge is 0.253 e. The highest BCUT2D eigenvalue weighted by atomic mass is 35.5. The van der Waals surface area contributed by atoms with E-state index < -0.39 is 6.10 Å². The highest BCUT2D eigenvalue weighted by Gasteiger charge is 2.15. The monoisotopic (exact) mass is 338 g/mol. The molecule has 2 rings (SSSR count). The topological polar surface area (TPSA) is 74.8 Å². The van der Waals surface area contributed by atoms with Gasteiger partial charge in [0.2, 0.25) is 0 Å². The Balaban J connectivity index is 1.93. The number of aliphatic imine (C=N–C) groups is 1. The van der Waals surface area contributed by atoms with Gasteiger partial charge in [0.25, 0.3) is 5.91 Å². The largest absolute Gasteiger partial charge is 0.368 e. The van der Waals surface area contributed by atoms with Crippen molar-refractivity contribution in [3.8, 4) is 0 Å². The predicted molar refractivity (Wildman–Crippen MR) is 94.3 cm³/mol. The van der Waals surface area contributed by atoms with Crippen molar-refractivity contribution >= 4 is 34.8 Å². The SMILES string of the molecule is CC(C)COC(C)C(=O)Nc1ccc(NC2=NCCN2)c(Cl)c1. The molecule has 1 heterocycles. The molecule has 126 valence electrons. The Morgan fingerprint density at radius 2 is 2.22 bits per heavy atom. The minimum atomic E-state index is -0.508. The van der Waals surface area contributed by atoms with Crippen LogP contribution in [0.15, 0.2) is 23.2 Å². The molecule has 6 nitrogen and oxygen atoms in total. The van der Waals surface area contributed by atoms with E-state index in [0.29, 0.717) is 29.2 Å². The number of hydrogen-bond acceptors (Lipinski definition) is 5. The summed E-state index contributed by atoms with van der Waals surface area (Å²) in [4.78, 5) is 16.3. The van der Waals surface area contributed by atoms with Crippen molar-refractivity contribution in [2.24, 2.45) is 10.9 Å². The van der Waals surface area contributed by atoms with Gasteiger partial charge in [0.05, 0.1) is 17.3 Å². The van der Waals surface area contributed by atoms with E-state index in [9.17, 15) is 4.79 Å². The van der Waals surface area contributed by atoms with Crippen LogP contribution in [0.25, 0.3) is 0 Å². The highest BCUT2D eigenvalue weighted by Crippen LogP contribution is 2.25. The van der Waals surface area contributed by atoms with E-state index in [1.54, 1.807) is 25.1 Å². The maximum atomic E-state index is 12.1. The van der Waals surface area contributed by atoms with Gasteiger partial charge in [0.1, 0.15) is 6.10 Å². The molecule has 0 bridgehead atoms. The molecule has 0 aromatic heterocycles. The van der Waals surface area contributed by atoms with Crippen LogP contribution < -0.4 is 16.0 Å². The van der Waals surface area contributed by atoms with Gasteiger partial charge in [-0.05, 0) is 31.0 Å². The zero-order chi connectivity index (χ0) is 16.8. The van der Waals surface area contributed by atoms with Gasteiger partial charge in [-0.15, -0.1) is 0 Å². The summed E-state index contributed by atoms with van der Waals surface area (Å²) in [6, 6.07) is 5.30. The lowest BCUT2D eigenvalue weighted by atomic mass is 10.2. The summed E-state index contributed by atoms with van der Waals surface area (Å²) in [7, 11) is 0.